The van der Waals surface area contributed by atoms with E-state index < -0.39 is 0 Å². The molecule has 17 heavy (non-hydrogen) atoms. The number of aromatic nitrogens is 2. The fourth-order valence-electron chi connectivity index (χ4n) is 1.89. The van der Waals surface area contributed by atoms with Crippen LogP contribution < -0.4 is 0 Å². The van der Waals surface area contributed by atoms with E-state index in [0.29, 0.717) is 5.92 Å². The van der Waals surface area contributed by atoms with Crippen molar-refractivity contribution in [2.75, 3.05) is 0 Å². The van der Waals surface area contributed by atoms with Crippen LogP contribution in [-0.2, 0) is 5.41 Å². The van der Waals surface area contributed by atoms with Gasteiger partial charge in [-0.1, -0.05) is 31.1 Å². The molecule has 0 N–H and O–H groups in total. The smallest absolute Gasteiger partial charge is 0.127 e. The first-order valence-corrected chi connectivity index (χ1v) is 5.90. The molecule has 4 nitrogen and oxygen atoms in total. The van der Waals surface area contributed by atoms with Crippen LogP contribution in [0.25, 0.3) is 0 Å². The highest BCUT2D eigenvalue weighted by atomic mass is 16.5. The summed E-state index contributed by atoms with van der Waals surface area (Å²) in [4.78, 5) is 0. The molecular formula is C13H18N2O2. The van der Waals surface area contributed by atoms with Gasteiger partial charge in [-0.15, -0.1) is 0 Å². The van der Waals surface area contributed by atoms with Gasteiger partial charge in [-0.3, -0.25) is 0 Å². The highest BCUT2D eigenvalue weighted by Gasteiger charge is 2.24. The van der Waals surface area contributed by atoms with Crippen molar-refractivity contribution >= 4 is 0 Å². The van der Waals surface area contributed by atoms with Gasteiger partial charge in [0.25, 0.3) is 0 Å². The van der Waals surface area contributed by atoms with E-state index in [4.69, 9.17) is 9.05 Å². The third-order valence-electron chi connectivity index (χ3n) is 3.35. The molecule has 0 amide bonds. The first kappa shape index (κ1) is 11.9. The van der Waals surface area contributed by atoms with Gasteiger partial charge in [-0.05, 0) is 18.8 Å². The summed E-state index contributed by atoms with van der Waals surface area (Å²) in [5.74, 6) is 0.451. The molecule has 1 atom stereocenters. The van der Waals surface area contributed by atoms with Crippen molar-refractivity contribution in [3.8, 4) is 0 Å². The van der Waals surface area contributed by atoms with Crippen LogP contribution in [0, 0.1) is 0 Å². The van der Waals surface area contributed by atoms with Crippen LogP contribution in [0.15, 0.2) is 33.8 Å². The number of hydrogen-bond acceptors (Lipinski definition) is 4. The van der Waals surface area contributed by atoms with Gasteiger partial charge >= 0.3 is 0 Å². The summed E-state index contributed by atoms with van der Waals surface area (Å²) in [6, 6.07) is 1.93. The lowest BCUT2D eigenvalue weighted by Crippen LogP contribution is -2.18. The Morgan fingerprint density at radius 3 is 2.76 bits per heavy atom. The van der Waals surface area contributed by atoms with Crippen LogP contribution in [0.5, 0.6) is 0 Å². The van der Waals surface area contributed by atoms with Crippen molar-refractivity contribution in [2.45, 2.75) is 44.9 Å². The summed E-state index contributed by atoms with van der Waals surface area (Å²) < 4.78 is 9.77. The zero-order valence-corrected chi connectivity index (χ0v) is 10.5. The lowest BCUT2D eigenvalue weighted by molar-refractivity contribution is 0.366. The second kappa shape index (κ2) is 4.73. The molecule has 0 saturated carbocycles. The molecule has 2 aromatic rings. The first-order valence-electron chi connectivity index (χ1n) is 5.90. The topological polar surface area (TPSA) is 52.1 Å². The summed E-state index contributed by atoms with van der Waals surface area (Å²) in [5, 5.41) is 7.76. The summed E-state index contributed by atoms with van der Waals surface area (Å²) in [7, 11) is 0. The number of nitrogens with zero attached hydrogens (tertiary/aromatic N) is 2. The van der Waals surface area contributed by atoms with Crippen molar-refractivity contribution in [3.63, 3.8) is 0 Å². The van der Waals surface area contributed by atoms with Gasteiger partial charge in [-0.2, -0.15) is 0 Å². The molecule has 0 radical (unpaired) electrons. The Bertz CT molecular complexity index is 432. The van der Waals surface area contributed by atoms with Gasteiger partial charge in [0, 0.05) is 17.0 Å². The minimum absolute atomic E-state index is 0.0401. The van der Waals surface area contributed by atoms with Crippen LogP contribution in [0.3, 0.4) is 0 Å². The molecule has 0 spiro atoms. The summed E-state index contributed by atoms with van der Waals surface area (Å²) in [6.45, 7) is 6.56. The molecule has 2 rings (SSSR count). The largest absolute Gasteiger partial charge is 0.364 e. The van der Waals surface area contributed by atoms with E-state index in [1.807, 2.05) is 6.07 Å². The normalized spacial score (nSPS) is 13.8. The van der Waals surface area contributed by atoms with Crippen LogP contribution in [0.4, 0.5) is 0 Å². The van der Waals surface area contributed by atoms with Crippen LogP contribution >= 0.6 is 0 Å². The molecule has 0 bridgehead atoms. The Balaban J connectivity index is 1.94. The minimum Gasteiger partial charge on any atom is -0.364 e. The van der Waals surface area contributed by atoms with Gasteiger partial charge < -0.3 is 9.05 Å². The Kier molecular flexibility index (Phi) is 3.31. The van der Waals surface area contributed by atoms with Crippen LogP contribution in [-0.4, -0.2) is 10.3 Å². The van der Waals surface area contributed by atoms with E-state index in [1.165, 1.54) is 0 Å². The first-order chi connectivity index (χ1) is 8.09. The molecule has 0 saturated heterocycles. The Morgan fingerprint density at radius 2 is 2.18 bits per heavy atom. The second-order valence-corrected chi connectivity index (χ2v) is 5.17. The average Bonchev–Trinajstić information content (AvgIpc) is 2.97. The van der Waals surface area contributed by atoms with E-state index in [9.17, 15) is 0 Å². The van der Waals surface area contributed by atoms with Crippen molar-refractivity contribution in [2.24, 2.45) is 0 Å². The third kappa shape index (κ3) is 2.75. The molecule has 92 valence electrons. The molecule has 2 aromatic heterocycles. The maximum absolute atomic E-state index is 4.90. The summed E-state index contributed by atoms with van der Waals surface area (Å²) in [5.41, 5.74) is 2.20. The Hall–Kier alpha value is -1.58. The fourth-order valence-corrected chi connectivity index (χ4v) is 1.89. The van der Waals surface area contributed by atoms with Crippen molar-refractivity contribution in [1.29, 1.82) is 0 Å². The maximum Gasteiger partial charge on any atom is 0.127 e. The SMILES string of the molecule is CC(CCC(C)(C)c1ccon1)c1cnoc1. The van der Waals surface area contributed by atoms with E-state index in [2.05, 4.69) is 31.1 Å². The highest BCUT2D eigenvalue weighted by Crippen LogP contribution is 2.31. The van der Waals surface area contributed by atoms with E-state index in [-0.39, 0.29) is 5.41 Å². The molecule has 0 aromatic carbocycles. The van der Waals surface area contributed by atoms with Gasteiger partial charge in [0.1, 0.15) is 12.5 Å². The number of hydrogen-bond donors (Lipinski definition) is 0. The standard InChI is InChI=1S/C13H18N2O2/c1-10(11-8-14-17-9-11)4-6-13(2,3)12-5-7-16-15-12/h5,7-10H,4,6H2,1-3H3. The van der Waals surface area contributed by atoms with Crippen molar-refractivity contribution in [1.82, 2.24) is 10.3 Å². The lowest BCUT2D eigenvalue weighted by Gasteiger charge is -2.23. The molecule has 0 aliphatic rings. The monoisotopic (exact) mass is 234 g/mol. The molecule has 4 heteroatoms. The van der Waals surface area contributed by atoms with Crippen molar-refractivity contribution < 1.29 is 9.05 Å². The van der Waals surface area contributed by atoms with Gasteiger partial charge in [0.15, 0.2) is 0 Å². The third-order valence-corrected chi connectivity index (χ3v) is 3.35. The van der Waals surface area contributed by atoms with Crippen LogP contribution in [0.2, 0.25) is 0 Å². The van der Waals surface area contributed by atoms with E-state index in [1.54, 1.807) is 18.7 Å². The van der Waals surface area contributed by atoms with Gasteiger partial charge in [-0.25, -0.2) is 0 Å². The van der Waals surface area contributed by atoms with Crippen molar-refractivity contribution in [3.05, 3.63) is 36.0 Å². The number of rotatable bonds is 5. The van der Waals surface area contributed by atoms with E-state index >= 15 is 0 Å². The molecule has 0 aliphatic carbocycles. The predicted molar refractivity (Wildman–Crippen MR) is 63.7 cm³/mol. The summed E-state index contributed by atoms with van der Waals surface area (Å²) >= 11 is 0. The van der Waals surface area contributed by atoms with Gasteiger partial charge in [0.05, 0.1) is 11.9 Å². The Labute approximate surface area is 101 Å². The molecule has 0 aliphatic heterocycles. The maximum atomic E-state index is 4.90. The second-order valence-electron chi connectivity index (χ2n) is 5.17. The zero-order chi connectivity index (χ0) is 12.3. The Morgan fingerprint density at radius 1 is 1.35 bits per heavy atom. The fraction of sp³-hybridized carbons (Fsp3) is 0.538. The molecule has 2 heterocycles. The van der Waals surface area contributed by atoms with E-state index in [0.717, 1.165) is 24.1 Å². The predicted octanol–water partition coefficient (Wildman–Crippen LogP) is 3.52. The average molecular weight is 234 g/mol. The van der Waals surface area contributed by atoms with Gasteiger partial charge in [0.2, 0.25) is 0 Å². The molecule has 1 unspecified atom stereocenters. The lowest BCUT2D eigenvalue weighted by atomic mass is 9.81. The zero-order valence-electron chi connectivity index (χ0n) is 10.5. The quantitative estimate of drug-likeness (QED) is 0.794. The van der Waals surface area contributed by atoms with Crippen LogP contribution in [0.1, 0.15) is 50.8 Å². The molecule has 0 fully saturated rings. The minimum atomic E-state index is 0.0401. The summed E-state index contributed by atoms with van der Waals surface area (Å²) in [6.07, 6.45) is 7.25. The molecular weight excluding hydrogens is 216 g/mol. The highest BCUT2D eigenvalue weighted by molar-refractivity contribution is 5.12.